The molecule has 0 aliphatic heterocycles. The molecule has 0 unspecified atom stereocenters. The SMILES string of the molecule is Cc1ccccc1[S@](=O)Cc1ccc(C(=O)NCCCc2ccccc2)o1. The van der Waals surface area contributed by atoms with Crippen molar-refractivity contribution in [1.82, 2.24) is 5.32 Å². The largest absolute Gasteiger partial charge is 0.455 e. The lowest BCUT2D eigenvalue weighted by atomic mass is 10.1. The molecule has 5 heteroatoms. The maximum Gasteiger partial charge on any atom is 0.286 e. The van der Waals surface area contributed by atoms with Gasteiger partial charge in [-0.1, -0.05) is 48.5 Å². The molecule has 1 aromatic heterocycles. The van der Waals surface area contributed by atoms with Crippen molar-refractivity contribution in [3.63, 3.8) is 0 Å². The molecule has 3 aromatic rings. The average Bonchev–Trinajstić information content (AvgIpc) is 3.15. The van der Waals surface area contributed by atoms with E-state index in [0.29, 0.717) is 12.3 Å². The van der Waals surface area contributed by atoms with Crippen LogP contribution in [-0.4, -0.2) is 16.7 Å². The molecule has 0 bridgehead atoms. The van der Waals surface area contributed by atoms with Crippen LogP contribution in [0.3, 0.4) is 0 Å². The third-order valence-electron chi connectivity index (χ3n) is 4.27. The fourth-order valence-electron chi connectivity index (χ4n) is 2.82. The van der Waals surface area contributed by atoms with E-state index in [9.17, 15) is 9.00 Å². The summed E-state index contributed by atoms with van der Waals surface area (Å²) >= 11 is 0. The number of hydrogen-bond donors (Lipinski definition) is 1. The van der Waals surface area contributed by atoms with Crippen LogP contribution < -0.4 is 5.32 Å². The van der Waals surface area contributed by atoms with Gasteiger partial charge in [-0.05, 0) is 49.1 Å². The standard InChI is InChI=1S/C22H23NO3S/c1-17-8-5-6-12-21(17)27(25)16-19-13-14-20(26-19)22(24)23-15-7-11-18-9-3-2-4-10-18/h2-6,8-10,12-14H,7,11,15-16H2,1H3,(H,23,24)/t27-/m1/s1. The molecule has 27 heavy (non-hydrogen) atoms. The van der Waals surface area contributed by atoms with Crippen molar-refractivity contribution in [3.05, 3.63) is 89.4 Å². The zero-order valence-electron chi connectivity index (χ0n) is 15.3. The first-order valence-corrected chi connectivity index (χ1v) is 10.3. The molecule has 0 radical (unpaired) electrons. The summed E-state index contributed by atoms with van der Waals surface area (Å²) in [4.78, 5) is 13.0. The summed E-state index contributed by atoms with van der Waals surface area (Å²) in [7, 11) is -1.20. The van der Waals surface area contributed by atoms with Crippen molar-refractivity contribution in [2.45, 2.75) is 30.4 Å². The molecule has 1 amide bonds. The lowest BCUT2D eigenvalue weighted by molar-refractivity contribution is 0.0924. The van der Waals surface area contributed by atoms with Gasteiger partial charge in [0.2, 0.25) is 0 Å². The Kier molecular flexibility index (Phi) is 6.60. The molecule has 0 fully saturated rings. The normalized spacial score (nSPS) is 11.9. The van der Waals surface area contributed by atoms with E-state index in [2.05, 4.69) is 17.4 Å². The molecule has 0 saturated carbocycles. The Morgan fingerprint density at radius 2 is 1.74 bits per heavy atom. The number of amides is 1. The van der Waals surface area contributed by atoms with Crippen LogP contribution in [0, 0.1) is 6.92 Å². The summed E-state index contributed by atoms with van der Waals surface area (Å²) in [6, 6.07) is 21.1. The van der Waals surface area contributed by atoms with Gasteiger partial charge in [-0.15, -0.1) is 0 Å². The maximum absolute atomic E-state index is 12.5. The molecule has 1 atom stereocenters. The second-order valence-electron chi connectivity index (χ2n) is 6.37. The van der Waals surface area contributed by atoms with Crippen LogP contribution in [0.1, 0.15) is 33.9 Å². The zero-order chi connectivity index (χ0) is 19.1. The first-order valence-electron chi connectivity index (χ1n) is 8.98. The van der Waals surface area contributed by atoms with Crippen LogP contribution in [0.15, 0.2) is 76.0 Å². The number of carbonyl (C=O) groups excluding carboxylic acids is 1. The molecule has 3 rings (SSSR count). The van der Waals surface area contributed by atoms with Crippen LogP contribution in [0.5, 0.6) is 0 Å². The van der Waals surface area contributed by atoms with Gasteiger partial charge in [0.05, 0.1) is 16.6 Å². The summed E-state index contributed by atoms with van der Waals surface area (Å²) in [5.74, 6) is 0.820. The van der Waals surface area contributed by atoms with E-state index in [-0.39, 0.29) is 17.4 Å². The van der Waals surface area contributed by atoms with Gasteiger partial charge in [0.15, 0.2) is 5.76 Å². The molecule has 0 aliphatic rings. The molecule has 0 saturated heterocycles. The van der Waals surface area contributed by atoms with Crippen molar-refractivity contribution >= 4 is 16.7 Å². The summed E-state index contributed by atoms with van der Waals surface area (Å²) < 4.78 is 18.1. The van der Waals surface area contributed by atoms with Gasteiger partial charge in [0.1, 0.15) is 5.76 Å². The second-order valence-corrected chi connectivity index (χ2v) is 7.79. The predicted molar refractivity (Wildman–Crippen MR) is 107 cm³/mol. The van der Waals surface area contributed by atoms with Crippen molar-refractivity contribution in [2.75, 3.05) is 6.54 Å². The van der Waals surface area contributed by atoms with Crippen molar-refractivity contribution in [2.24, 2.45) is 0 Å². The number of benzene rings is 2. The molecule has 4 nitrogen and oxygen atoms in total. The Balaban J connectivity index is 1.49. The quantitative estimate of drug-likeness (QED) is 0.593. The van der Waals surface area contributed by atoms with Gasteiger partial charge in [0.25, 0.3) is 5.91 Å². The third kappa shape index (κ3) is 5.41. The first kappa shape index (κ1) is 19.1. The minimum absolute atomic E-state index is 0.240. The Morgan fingerprint density at radius 3 is 2.52 bits per heavy atom. The molecule has 2 aromatic carbocycles. The molecule has 140 valence electrons. The van der Waals surface area contributed by atoms with Gasteiger partial charge in [-0.25, -0.2) is 0 Å². The van der Waals surface area contributed by atoms with Crippen LogP contribution in [0.2, 0.25) is 0 Å². The van der Waals surface area contributed by atoms with Crippen molar-refractivity contribution in [3.8, 4) is 0 Å². The Hall–Kier alpha value is -2.66. The highest BCUT2D eigenvalue weighted by molar-refractivity contribution is 7.84. The molecule has 1 heterocycles. The smallest absolute Gasteiger partial charge is 0.286 e. The minimum Gasteiger partial charge on any atom is -0.455 e. The number of aryl methyl sites for hydroxylation is 2. The minimum atomic E-state index is -1.20. The third-order valence-corrected chi connectivity index (χ3v) is 5.76. The van der Waals surface area contributed by atoms with Crippen molar-refractivity contribution < 1.29 is 13.4 Å². The topological polar surface area (TPSA) is 59.3 Å². The number of hydrogen-bond acceptors (Lipinski definition) is 3. The highest BCUT2D eigenvalue weighted by Crippen LogP contribution is 2.18. The Labute approximate surface area is 162 Å². The van der Waals surface area contributed by atoms with Crippen LogP contribution >= 0.6 is 0 Å². The Bertz CT molecular complexity index is 918. The number of rotatable bonds is 8. The van der Waals surface area contributed by atoms with E-state index in [1.807, 2.05) is 49.4 Å². The van der Waals surface area contributed by atoms with E-state index in [0.717, 1.165) is 23.3 Å². The summed E-state index contributed by atoms with van der Waals surface area (Å²) in [5, 5.41) is 2.87. The lowest BCUT2D eigenvalue weighted by Crippen LogP contribution is -2.24. The fraction of sp³-hybridized carbons (Fsp3) is 0.227. The van der Waals surface area contributed by atoms with Crippen LogP contribution in [-0.2, 0) is 23.0 Å². The van der Waals surface area contributed by atoms with E-state index in [1.165, 1.54) is 5.56 Å². The van der Waals surface area contributed by atoms with Gasteiger partial charge in [-0.3, -0.25) is 9.00 Å². The van der Waals surface area contributed by atoms with E-state index >= 15 is 0 Å². The van der Waals surface area contributed by atoms with Gasteiger partial charge in [0, 0.05) is 11.4 Å². The van der Waals surface area contributed by atoms with Gasteiger partial charge < -0.3 is 9.73 Å². The zero-order valence-corrected chi connectivity index (χ0v) is 16.1. The summed E-state index contributed by atoms with van der Waals surface area (Å²) in [6.45, 7) is 2.52. The predicted octanol–water partition coefficient (Wildman–Crippen LogP) is 4.26. The second kappa shape index (κ2) is 9.33. The molecular formula is C22H23NO3S. The molecule has 1 N–H and O–H groups in total. The van der Waals surface area contributed by atoms with Crippen LogP contribution in [0.4, 0.5) is 0 Å². The van der Waals surface area contributed by atoms with Gasteiger partial charge >= 0.3 is 0 Å². The number of furan rings is 1. The Morgan fingerprint density at radius 1 is 1.00 bits per heavy atom. The van der Waals surface area contributed by atoms with Gasteiger partial charge in [-0.2, -0.15) is 0 Å². The van der Waals surface area contributed by atoms with E-state index in [1.54, 1.807) is 12.1 Å². The van der Waals surface area contributed by atoms with Crippen molar-refractivity contribution in [1.29, 1.82) is 0 Å². The maximum atomic E-state index is 12.5. The fourth-order valence-corrected chi connectivity index (χ4v) is 4.05. The number of carbonyl (C=O) groups is 1. The van der Waals surface area contributed by atoms with E-state index < -0.39 is 10.8 Å². The van der Waals surface area contributed by atoms with E-state index in [4.69, 9.17) is 4.42 Å². The average molecular weight is 381 g/mol. The first-order chi connectivity index (χ1) is 13.1. The summed E-state index contributed by atoms with van der Waals surface area (Å²) in [5.41, 5.74) is 2.24. The molecule has 0 aliphatic carbocycles. The highest BCUT2D eigenvalue weighted by atomic mass is 32.2. The molecule has 0 spiro atoms. The lowest BCUT2D eigenvalue weighted by Gasteiger charge is -2.05. The molecular weight excluding hydrogens is 358 g/mol. The highest BCUT2D eigenvalue weighted by Gasteiger charge is 2.14. The number of nitrogens with one attached hydrogen (secondary N) is 1. The van der Waals surface area contributed by atoms with Crippen LogP contribution in [0.25, 0.3) is 0 Å². The monoisotopic (exact) mass is 381 g/mol. The summed E-state index contributed by atoms with van der Waals surface area (Å²) in [6.07, 6.45) is 1.78.